The predicted octanol–water partition coefficient (Wildman–Crippen LogP) is 5.28. The van der Waals surface area contributed by atoms with Crippen molar-refractivity contribution in [2.75, 3.05) is 32.1 Å². The minimum Gasteiger partial charge on any atom is -0.309 e. The van der Waals surface area contributed by atoms with Crippen LogP contribution in [0.4, 0.5) is 10.1 Å². The summed E-state index contributed by atoms with van der Waals surface area (Å²) in [5.74, 6) is 5.79. The first-order valence-corrected chi connectivity index (χ1v) is 10.7. The summed E-state index contributed by atoms with van der Waals surface area (Å²) < 4.78 is 14.1. The molecule has 30 heavy (non-hydrogen) atoms. The van der Waals surface area contributed by atoms with E-state index in [1.807, 2.05) is 32.0 Å². The van der Waals surface area contributed by atoms with Crippen LogP contribution in [0.5, 0.6) is 0 Å². The summed E-state index contributed by atoms with van der Waals surface area (Å²) in [7, 11) is 3.89. The number of anilines is 1. The maximum Gasteiger partial charge on any atom is 0.229 e. The van der Waals surface area contributed by atoms with Gasteiger partial charge >= 0.3 is 0 Å². The van der Waals surface area contributed by atoms with Crippen LogP contribution in [0, 0.1) is 29.5 Å². The van der Waals surface area contributed by atoms with Gasteiger partial charge in [-0.1, -0.05) is 60.2 Å². The quantitative estimate of drug-likeness (QED) is 0.596. The molecule has 0 spiro atoms. The van der Waals surface area contributed by atoms with Gasteiger partial charge in [-0.05, 0) is 56.6 Å². The van der Waals surface area contributed by atoms with Crippen molar-refractivity contribution in [1.82, 2.24) is 4.90 Å². The number of piperidine rings is 1. The van der Waals surface area contributed by atoms with Crippen LogP contribution in [0.15, 0.2) is 36.4 Å². The van der Waals surface area contributed by atoms with Crippen molar-refractivity contribution < 1.29 is 9.18 Å². The van der Waals surface area contributed by atoms with Crippen LogP contribution in [0.25, 0.3) is 0 Å². The third kappa shape index (κ3) is 5.35. The third-order valence-electron chi connectivity index (χ3n) is 5.20. The van der Waals surface area contributed by atoms with Crippen molar-refractivity contribution in [3.63, 3.8) is 0 Å². The van der Waals surface area contributed by atoms with Crippen LogP contribution in [-0.2, 0) is 11.2 Å². The molecule has 1 aliphatic rings. The Morgan fingerprint density at radius 1 is 1.20 bits per heavy atom. The highest BCUT2D eigenvalue weighted by molar-refractivity contribution is 6.40. The van der Waals surface area contributed by atoms with Gasteiger partial charge in [-0.25, -0.2) is 4.39 Å². The highest BCUT2D eigenvalue weighted by atomic mass is 35.5. The summed E-state index contributed by atoms with van der Waals surface area (Å²) in [5.41, 5.74) is 1.87. The Morgan fingerprint density at radius 2 is 1.87 bits per heavy atom. The van der Waals surface area contributed by atoms with Crippen LogP contribution in [0.2, 0.25) is 10.0 Å². The molecular weight excluding hydrogens is 422 g/mol. The fourth-order valence-corrected chi connectivity index (χ4v) is 4.50. The van der Waals surface area contributed by atoms with E-state index in [2.05, 4.69) is 11.8 Å². The van der Waals surface area contributed by atoms with Crippen molar-refractivity contribution in [3.05, 3.63) is 63.4 Å². The van der Waals surface area contributed by atoms with Crippen molar-refractivity contribution >= 4 is 34.8 Å². The van der Waals surface area contributed by atoms with E-state index in [9.17, 15) is 9.18 Å². The number of hydrogen-bond acceptors (Lipinski definition) is 2. The number of benzene rings is 2. The van der Waals surface area contributed by atoms with Gasteiger partial charge in [-0.3, -0.25) is 9.69 Å². The van der Waals surface area contributed by atoms with E-state index in [1.54, 1.807) is 29.2 Å². The molecule has 1 aliphatic heterocycles. The van der Waals surface area contributed by atoms with Crippen LogP contribution >= 0.6 is 23.2 Å². The molecule has 0 aliphatic carbocycles. The molecule has 1 fully saturated rings. The molecule has 3 nitrogen and oxygen atoms in total. The van der Waals surface area contributed by atoms with Gasteiger partial charge in [-0.15, -0.1) is 0 Å². The summed E-state index contributed by atoms with van der Waals surface area (Å²) in [6, 6.07) is 10.3. The van der Waals surface area contributed by atoms with Gasteiger partial charge in [0, 0.05) is 18.0 Å². The first-order chi connectivity index (χ1) is 14.3. The van der Waals surface area contributed by atoms with E-state index < -0.39 is 0 Å². The molecule has 2 atom stereocenters. The summed E-state index contributed by atoms with van der Waals surface area (Å²) in [4.78, 5) is 16.5. The van der Waals surface area contributed by atoms with Crippen LogP contribution < -0.4 is 4.90 Å². The topological polar surface area (TPSA) is 23.6 Å². The Morgan fingerprint density at radius 3 is 2.50 bits per heavy atom. The van der Waals surface area contributed by atoms with E-state index in [4.69, 9.17) is 23.2 Å². The summed E-state index contributed by atoms with van der Waals surface area (Å²) in [5, 5.41) is 0.785. The van der Waals surface area contributed by atoms with Crippen molar-refractivity contribution in [3.8, 4) is 11.8 Å². The number of halogens is 3. The van der Waals surface area contributed by atoms with Gasteiger partial charge in [-0.2, -0.15) is 0 Å². The zero-order valence-corrected chi connectivity index (χ0v) is 18.9. The Balaban J connectivity index is 1.86. The van der Waals surface area contributed by atoms with E-state index in [1.165, 1.54) is 6.07 Å². The average Bonchev–Trinajstić information content (AvgIpc) is 2.66. The Kier molecular flexibility index (Phi) is 7.41. The first kappa shape index (κ1) is 22.6. The number of carbonyl (C=O) groups is 1. The monoisotopic (exact) mass is 446 g/mol. The lowest BCUT2D eigenvalue weighted by atomic mass is 9.85. The Hall–Kier alpha value is -2.06. The van der Waals surface area contributed by atoms with Crippen LogP contribution in [-0.4, -0.2) is 38.0 Å². The molecule has 0 bridgehead atoms. The minimum absolute atomic E-state index is 0.0185. The van der Waals surface area contributed by atoms with E-state index in [0.717, 1.165) is 0 Å². The van der Waals surface area contributed by atoms with E-state index in [-0.39, 0.29) is 23.6 Å². The smallest absolute Gasteiger partial charge is 0.229 e. The lowest BCUT2D eigenvalue weighted by molar-refractivity contribution is -0.124. The molecule has 2 aromatic carbocycles. The van der Waals surface area contributed by atoms with Gasteiger partial charge in [0.1, 0.15) is 5.82 Å². The molecule has 158 valence electrons. The molecule has 1 heterocycles. The lowest BCUT2D eigenvalue weighted by Gasteiger charge is -2.37. The number of carbonyl (C=O) groups excluding carboxylic acids is 1. The molecule has 1 amide bonds. The van der Waals surface area contributed by atoms with Gasteiger partial charge in [0.05, 0.1) is 22.3 Å². The summed E-state index contributed by atoms with van der Waals surface area (Å²) in [6.45, 7) is 2.96. The number of nitrogens with zero attached hydrogens (tertiary/aromatic N) is 2. The molecule has 6 heteroatoms. The standard InChI is InChI=1S/C24H25Cl2FN2O/c1-16-11-18(12-19-8-4-5-9-22(19)27)15-29(24(16)30)23-20(25)13-17(14-21(23)26)7-6-10-28(2)3/h4-5,8-9,13-14,16,18H,10-12,15H2,1-3H3/t16-,18-/m1/s1. The predicted molar refractivity (Wildman–Crippen MR) is 122 cm³/mol. The van der Waals surface area contributed by atoms with Gasteiger partial charge in [0.2, 0.25) is 5.91 Å². The highest BCUT2D eigenvalue weighted by Gasteiger charge is 2.34. The average molecular weight is 447 g/mol. The molecule has 3 rings (SSSR count). The second-order valence-corrected chi connectivity index (χ2v) is 8.89. The molecular formula is C24H25Cl2FN2O. The zero-order chi connectivity index (χ0) is 21.8. The van der Waals surface area contributed by atoms with E-state index in [0.29, 0.717) is 52.8 Å². The van der Waals surface area contributed by atoms with Crippen LogP contribution in [0.3, 0.4) is 0 Å². The third-order valence-corrected chi connectivity index (χ3v) is 5.77. The Labute approximate surface area is 187 Å². The lowest BCUT2D eigenvalue weighted by Crippen LogP contribution is -2.45. The molecule has 0 saturated carbocycles. The van der Waals surface area contributed by atoms with Crippen molar-refractivity contribution in [2.24, 2.45) is 11.8 Å². The zero-order valence-electron chi connectivity index (χ0n) is 17.4. The number of hydrogen-bond donors (Lipinski definition) is 0. The van der Waals surface area contributed by atoms with E-state index >= 15 is 0 Å². The molecule has 0 radical (unpaired) electrons. The largest absolute Gasteiger partial charge is 0.309 e. The van der Waals surface area contributed by atoms with Gasteiger partial charge in [0.25, 0.3) is 0 Å². The second-order valence-electron chi connectivity index (χ2n) is 8.08. The first-order valence-electron chi connectivity index (χ1n) is 9.93. The minimum atomic E-state index is -0.217. The summed E-state index contributed by atoms with van der Waals surface area (Å²) in [6.07, 6.45) is 1.26. The van der Waals surface area contributed by atoms with Crippen molar-refractivity contribution in [2.45, 2.75) is 19.8 Å². The molecule has 1 saturated heterocycles. The fourth-order valence-electron chi connectivity index (χ4n) is 3.81. The Bertz CT molecular complexity index is 973. The molecule has 2 aromatic rings. The maximum atomic E-state index is 14.1. The summed E-state index contributed by atoms with van der Waals surface area (Å²) >= 11 is 13.1. The van der Waals surface area contributed by atoms with Gasteiger partial charge in [0.15, 0.2) is 0 Å². The number of rotatable bonds is 4. The number of amides is 1. The highest BCUT2D eigenvalue weighted by Crippen LogP contribution is 2.39. The normalized spacial score (nSPS) is 19.0. The molecule has 0 N–H and O–H groups in total. The second kappa shape index (κ2) is 9.83. The fraction of sp³-hybridized carbons (Fsp3) is 0.375. The SMILES string of the molecule is C[C@@H]1C[C@H](Cc2ccccc2F)CN(c2c(Cl)cc(C#CCN(C)C)cc2Cl)C1=O. The van der Waals surface area contributed by atoms with Gasteiger partial charge < -0.3 is 4.90 Å². The molecule has 0 aromatic heterocycles. The maximum absolute atomic E-state index is 14.1. The molecule has 0 unspecified atom stereocenters. The van der Waals surface area contributed by atoms with Crippen molar-refractivity contribution in [1.29, 1.82) is 0 Å². The van der Waals surface area contributed by atoms with Crippen LogP contribution in [0.1, 0.15) is 24.5 Å².